The molecule has 29 heavy (non-hydrogen) atoms. The maximum absolute atomic E-state index is 12.7. The molecule has 1 fully saturated rings. The molecule has 0 bridgehead atoms. The Balaban J connectivity index is 1.35. The standard InChI is InChI=1S/C24H30N2O3/c1-18(21-10-11-22-23(16-21)29-15-14-28-22)25-24(27)20-8-6-19(7-9-20)17-26-12-4-2-3-5-13-26/h6-11,16,18H,2-5,12-15,17H2,1H3,(H,25,27)/t18-/m0/s1. The van der Waals surface area contributed by atoms with E-state index in [0.29, 0.717) is 18.8 Å². The number of nitrogens with zero attached hydrogens (tertiary/aromatic N) is 1. The van der Waals surface area contributed by atoms with Gasteiger partial charge in [0.1, 0.15) is 13.2 Å². The van der Waals surface area contributed by atoms with E-state index in [0.717, 1.165) is 23.6 Å². The largest absolute Gasteiger partial charge is 0.486 e. The Morgan fingerprint density at radius 3 is 2.38 bits per heavy atom. The van der Waals surface area contributed by atoms with Crippen molar-refractivity contribution in [3.05, 3.63) is 59.2 Å². The lowest BCUT2D eigenvalue weighted by Crippen LogP contribution is -2.27. The minimum atomic E-state index is -0.116. The summed E-state index contributed by atoms with van der Waals surface area (Å²) in [4.78, 5) is 15.2. The molecule has 1 N–H and O–H groups in total. The number of hydrogen-bond acceptors (Lipinski definition) is 4. The summed E-state index contributed by atoms with van der Waals surface area (Å²) >= 11 is 0. The van der Waals surface area contributed by atoms with Crippen molar-refractivity contribution in [1.29, 1.82) is 0 Å². The zero-order chi connectivity index (χ0) is 20.1. The predicted octanol–water partition coefficient (Wildman–Crippen LogP) is 4.32. The zero-order valence-corrected chi connectivity index (χ0v) is 17.2. The minimum Gasteiger partial charge on any atom is -0.486 e. The number of amides is 1. The molecule has 0 spiro atoms. The van der Waals surface area contributed by atoms with Crippen molar-refractivity contribution in [2.75, 3.05) is 26.3 Å². The van der Waals surface area contributed by atoms with Crippen molar-refractivity contribution in [3.8, 4) is 11.5 Å². The molecular weight excluding hydrogens is 364 g/mol. The number of ether oxygens (including phenoxy) is 2. The van der Waals surface area contributed by atoms with Crippen molar-refractivity contribution in [2.24, 2.45) is 0 Å². The molecule has 5 nitrogen and oxygen atoms in total. The van der Waals surface area contributed by atoms with Crippen LogP contribution in [-0.4, -0.2) is 37.1 Å². The fourth-order valence-electron chi connectivity index (χ4n) is 4.01. The van der Waals surface area contributed by atoms with Crippen LogP contribution in [0.5, 0.6) is 11.5 Å². The van der Waals surface area contributed by atoms with Gasteiger partial charge in [-0.2, -0.15) is 0 Å². The van der Waals surface area contributed by atoms with E-state index in [4.69, 9.17) is 9.47 Å². The first-order valence-corrected chi connectivity index (χ1v) is 10.7. The van der Waals surface area contributed by atoms with E-state index in [2.05, 4.69) is 22.3 Å². The first-order chi connectivity index (χ1) is 14.2. The molecule has 0 aliphatic carbocycles. The summed E-state index contributed by atoms with van der Waals surface area (Å²) in [7, 11) is 0. The smallest absolute Gasteiger partial charge is 0.251 e. The second-order valence-corrected chi connectivity index (χ2v) is 7.99. The third-order valence-corrected chi connectivity index (χ3v) is 5.73. The second kappa shape index (κ2) is 9.31. The van der Waals surface area contributed by atoms with Gasteiger partial charge in [0.2, 0.25) is 0 Å². The van der Waals surface area contributed by atoms with Gasteiger partial charge in [-0.15, -0.1) is 0 Å². The summed E-state index contributed by atoms with van der Waals surface area (Å²) in [6.07, 6.45) is 5.27. The normalized spacial score (nSPS) is 18.0. The Morgan fingerprint density at radius 1 is 0.966 bits per heavy atom. The number of likely N-dealkylation sites (tertiary alicyclic amines) is 1. The molecule has 5 heteroatoms. The van der Waals surface area contributed by atoms with Gasteiger partial charge in [0.25, 0.3) is 5.91 Å². The maximum Gasteiger partial charge on any atom is 0.251 e. The molecule has 1 amide bonds. The lowest BCUT2D eigenvalue weighted by molar-refractivity contribution is 0.0939. The number of rotatable bonds is 5. The predicted molar refractivity (Wildman–Crippen MR) is 114 cm³/mol. The molecule has 2 aliphatic heterocycles. The van der Waals surface area contributed by atoms with Gasteiger partial charge in [0, 0.05) is 12.1 Å². The SMILES string of the molecule is C[C@H](NC(=O)c1ccc(CN2CCCCCC2)cc1)c1ccc2c(c1)OCCO2. The van der Waals surface area contributed by atoms with Crippen LogP contribution < -0.4 is 14.8 Å². The lowest BCUT2D eigenvalue weighted by atomic mass is 10.1. The molecule has 0 saturated carbocycles. The number of carbonyl (C=O) groups is 1. The molecule has 0 unspecified atom stereocenters. The van der Waals surface area contributed by atoms with Gasteiger partial charge in [0.05, 0.1) is 6.04 Å². The molecule has 0 aromatic heterocycles. The molecule has 2 aliphatic rings. The molecule has 2 aromatic carbocycles. The average Bonchev–Trinajstić information content (AvgIpc) is 3.02. The van der Waals surface area contributed by atoms with Gasteiger partial charge in [-0.25, -0.2) is 0 Å². The van der Waals surface area contributed by atoms with Crippen LogP contribution in [0.15, 0.2) is 42.5 Å². The third-order valence-electron chi connectivity index (χ3n) is 5.73. The van der Waals surface area contributed by atoms with Crippen molar-refractivity contribution < 1.29 is 14.3 Å². The quantitative estimate of drug-likeness (QED) is 0.820. The van der Waals surface area contributed by atoms with Crippen LogP contribution in [0.2, 0.25) is 0 Å². The van der Waals surface area contributed by atoms with Gasteiger partial charge in [-0.05, 0) is 68.2 Å². The van der Waals surface area contributed by atoms with Gasteiger partial charge >= 0.3 is 0 Å². The molecule has 2 aromatic rings. The van der Waals surface area contributed by atoms with Crippen LogP contribution in [0.3, 0.4) is 0 Å². The molecule has 2 heterocycles. The Bertz CT molecular complexity index is 827. The van der Waals surface area contributed by atoms with E-state index >= 15 is 0 Å². The lowest BCUT2D eigenvalue weighted by Gasteiger charge is -2.21. The molecule has 4 rings (SSSR count). The number of fused-ring (bicyclic) bond motifs is 1. The minimum absolute atomic E-state index is 0.0614. The fraction of sp³-hybridized carbons (Fsp3) is 0.458. The van der Waals surface area contributed by atoms with Crippen LogP contribution >= 0.6 is 0 Å². The molecule has 1 atom stereocenters. The van der Waals surface area contributed by atoms with Gasteiger partial charge in [0.15, 0.2) is 11.5 Å². The Labute approximate surface area is 173 Å². The highest BCUT2D eigenvalue weighted by molar-refractivity contribution is 5.94. The first-order valence-electron chi connectivity index (χ1n) is 10.7. The Kier molecular flexibility index (Phi) is 6.35. The van der Waals surface area contributed by atoms with Crippen LogP contribution in [-0.2, 0) is 6.54 Å². The number of hydrogen-bond donors (Lipinski definition) is 1. The Morgan fingerprint density at radius 2 is 1.66 bits per heavy atom. The van der Waals surface area contributed by atoms with E-state index in [1.807, 2.05) is 37.3 Å². The monoisotopic (exact) mass is 394 g/mol. The van der Waals surface area contributed by atoms with Crippen LogP contribution in [0.4, 0.5) is 0 Å². The molecular formula is C24H30N2O3. The highest BCUT2D eigenvalue weighted by atomic mass is 16.6. The van der Waals surface area contributed by atoms with Crippen molar-refractivity contribution in [2.45, 2.75) is 45.2 Å². The van der Waals surface area contributed by atoms with E-state index in [1.165, 1.54) is 44.3 Å². The number of benzene rings is 2. The topological polar surface area (TPSA) is 50.8 Å². The summed E-state index contributed by atoms with van der Waals surface area (Å²) < 4.78 is 11.2. The van der Waals surface area contributed by atoms with E-state index in [1.54, 1.807) is 0 Å². The summed E-state index contributed by atoms with van der Waals surface area (Å²) in [6.45, 7) is 6.43. The van der Waals surface area contributed by atoms with Crippen molar-refractivity contribution in [1.82, 2.24) is 10.2 Å². The van der Waals surface area contributed by atoms with Crippen molar-refractivity contribution >= 4 is 5.91 Å². The summed E-state index contributed by atoms with van der Waals surface area (Å²) in [6, 6.07) is 13.7. The summed E-state index contributed by atoms with van der Waals surface area (Å²) in [5.74, 6) is 1.44. The van der Waals surface area contributed by atoms with Gasteiger partial charge in [-0.3, -0.25) is 9.69 Å². The van der Waals surface area contributed by atoms with Crippen molar-refractivity contribution in [3.63, 3.8) is 0 Å². The summed E-state index contributed by atoms with van der Waals surface area (Å²) in [5.41, 5.74) is 2.96. The average molecular weight is 395 g/mol. The van der Waals surface area contributed by atoms with Gasteiger partial charge in [-0.1, -0.05) is 31.0 Å². The first kappa shape index (κ1) is 19.8. The molecule has 154 valence electrons. The van der Waals surface area contributed by atoms with E-state index in [-0.39, 0.29) is 11.9 Å². The third kappa shape index (κ3) is 5.10. The van der Waals surface area contributed by atoms with Gasteiger partial charge < -0.3 is 14.8 Å². The second-order valence-electron chi connectivity index (χ2n) is 7.99. The van der Waals surface area contributed by atoms with Crippen LogP contribution in [0.1, 0.15) is 60.1 Å². The zero-order valence-electron chi connectivity index (χ0n) is 17.2. The fourth-order valence-corrected chi connectivity index (χ4v) is 4.01. The maximum atomic E-state index is 12.7. The highest BCUT2D eigenvalue weighted by Gasteiger charge is 2.17. The van der Waals surface area contributed by atoms with Crippen LogP contribution in [0, 0.1) is 0 Å². The number of nitrogens with one attached hydrogen (secondary N) is 1. The van der Waals surface area contributed by atoms with E-state index in [9.17, 15) is 4.79 Å². The molecule has 0 radical (unpaired) electrons. The summed E-state index contributed by atoms with van der Waals surface area (Å²) in [5, 5.41) is 3.08. The van der Waals surface area contributed by atoms with E-state index < -0.39 is 0 Å². The highest BCUT2D eigenvalue weighted by Crippen LogP contribution is 2.32. The van der Waals surface area contributed by atoms with Crippen LogP contribution in [0.25, 0.3) is 0 Å². The molecule has 1 saturated heterocycles. The number of carbonyl (C=O) groups excluding carboxylic acids is 1. The Hall–Kier alpha value is -2.53.